The zero-order valence-corrected chi connectivity index (χ0v) is 21.7. The van der Waals surface area contributed by atoms with E-state index < -0.39 is 29.6 Å². The first-order valence-corrected chi connectivity index (χ1v) is 13.3. The third-order valence-electron chi connectivity index (χ3n) is 6.72. The van der Waals surface area contributed by atoms with Crippen LogP contribution in [0.25, 0.3) is 10.9 Å². The lowest BCUT2D eigenvalue weighted by Crippen LogP contribution is -2.56. The number of fused-ring (bicyclic) bond motifs is 1. The molecule has 0 aliphatic carbocycles. The molecule has 0 spiro atoms. The second kappa shape index (κ2) is 12.3. The first kappa shape index (κ1) is 28.1. The van der Waals surface area contributed by atoms with Crippen LogP contribution in [-0.4, -0.2) is 77.5 Å². The van der Waals surface area contributed by atoms with Gasteiger partial charge >= 0.3 is 12.1 Å². The number of rotatable bonds is 10. The quantitative estimate of drug-likeness (QED) is 0.275. The summed E-state index contributed by atoms with van der Waals surface area (Å²) < 4.78 is 59.6. The predicted octanol–water partition coefficient (Wildman–Crippen LogP) is 5.20. The van der Waals surface area contributed by atoms with Gasteiger partial charge in [0.15, 0.2) is 0 Å². The number of methoxy groups -OCH3 is 1. The summed E-state index contributed by atoms with van der Waals surface area (Å²) in [6.45, 7) is 2.35. The van der Waals surface area contributed by atoms with Gasteiger partial charge in [0.2, 0.25) is 0 Å². The molecule has 1 aromatic heterocycles. The molecule has 4 rings (SSSR count). The van der Waals surface area contributed by atoms with E-state index in [0.29, 0.717) is 67.0 Å². The second-order valence-corrected chi connectivity index (χ2v) is 10.2. The van der Waals surface area contributed by atoms with Crippen molar-refractivity contribution in [1.82, 2.24) is 14.8 Å². The number of piperazine rings is 1. The lowest BCUT2D eigenvalue weighted by atomic mass is 10.0. The van der Waals surface area contributed by atoms with Crippen molar-refractivity contribution < 1.29 is 32.2 Å². The van der Waals surface area contributed by atoms with Gasteiger partial charge in [-0.1, -0.05) is 12.1 Å². The maximum Gasteiger partial charge on any atom is 0.417 e. The number of ether oxygens (including phenoxy) is 1. The van der Waals surface area contributed by atoms with Crippen molar-refractivity contribution >= 4 is 28.6 Å². The minimum atomic E-state index is -4.42. The van der Waals surface area contributed by atoms with Crippen molar-refractivity contribution in [3.8, 4) is 5.75 Å². The van der Waals surface area contributed by atoms with Crippen LogP contribution in [-0.2, 0) is 17.4 Å². The first-order valence-electron chi connectivity index (χ1n) is 12.3. The Balaban J connectivity index is 1.33. The zero-order valence-electron chi connectivity index (χ0n) is 20.9. The van der Waals surface area contributed by atoms with E-state index >= 15 is 0 Å². The number of nitrogens with zero attached hydrogens (tertiary/aromatic N) is 3. The molecule has 0 saturated carbocycles. The fourth-order valence-electron chi connectivity index (χ4n) is 4.74. The van der Waals surface area contributed by atoms with E-state index in [4.69, 9.17) is 4.74 Å². The van der Waals surface area contributed by atoms with E-state index in [1.165, 1.54) is 18.3 Å². The number of benzene rings is 2. The zero-order chi connectivity index (χ0) is 27.3. The van der Waals surface area contributed by atoms with Crippen molar-refractivity contribution in [2.75, 3.05) is 45.6 Å². The molecule has 204 valence electrons. The Kier molecular flexibility index (Phi) is 9.11. The van der Waals surface area contributed by atoms with E-state index in [2.05, 4.69) is 4.98 Å². The monoisotopic (exact) mass is 551 g/mol. The van der Waals surface area contributed by atoms with Gasteiger partial charge in [-0.2, -0.15) is 13.2 Å². The molecule has 1 atom stereocenters. The highest BCUT2D eigenvalue weighted by Gasteiger charge is 2.34. The molecule has 38 heavy (non-hydrogen) atoms. The third-order valence-corrected chi connectivity index (χ3v) is 7.78. The summed E-state index contributed by atoms with van der Waals surface area (Å²) in [6.07, 6.45) is -2.24. The average molecular weight is 552 g/mol. The standard InChI is InChI=1S/C27H29F4N3O3S/c1-37-18-8-9-23-20(15-18)19(22(28)16-32-23)5-4-10-34-12-11-33(17-24(34)26(35)36)13-14-38-25-7-3-2-6-21(25)27(29,30)31/h2-3,6-9,15-16,24H,4-5,10-14,17H2,1H3,(H,35,36)/t24-/m1/s1. The highest BCUT2D eigenvalue weighted by Crippen LogP contribution is 2.36. The van der Waals surface area contributed by atoms with Crippen LogP contribution in [0.15, 0.2) is 53.6 Å². The number of aromatic nitrogens is 1. The molecule has 0 unspecified atom stereocenters. The molecule has 0 radical (unpaired) electrons. The molecule has 2 heterocycles. The first-order chi connectivity index (χ1) is 18.2. The smallest absolute Gasteiger partial charge is 0.417 e. The summed E-state index contributed by atoms with van der Waals surface area (Å²) in [5.41, 5.74) is 0.528. The predicted molar refractivity (Wildman–Crippen MR) is 138 cm³/mol. The number of carboxylic acid groups (broad SMARTS) is 1. The van der Waals surface area contributed by atoms with Crippen LogP contribution in [0.2, 0.25) is 0 Å². The maximum absolute atomic E-state index is 14.6. The Morgan fingerprint density at radius 2 is 1.97 bits per heavy atom. The SMILES string of the molecule is COc1ccc2ncc(F)c(CCCN3CCN(CCSc4ccccc4C(F)(F)F)C[C@@H]3C(=O)O)c2c1. The van der Waals surface area contributed by atoms with Crippen molar-refractivity contribution in [3.05, 3.63) is 65.6 Å². The highest BCUT2D eigenvalue weighted by molar-refractivity contribution is 7.99. The van der Waals surface area contributed by atoms with Gasteiger partial charge < -0.3 is 9.84 Å². The fourth-order valence-corrected chi connectivity index (χ4v) is 5.82. The fraction of sp³-hybridized carbons (Fsp3) is 0.407. The summed E-state index contributed by atoms with van der Waals surface area (Å²) in [6, 6.07) is 10.0. The molecule has 1 N–H and O–H groups in total. The number of halogens is 4. The molecule has 1 fully saturated rings. The van der Waals surface area contributed by atoms with Crippen LogP contribution in [0.4, 0.5) is 17.6 Å². The van der Waals surface area contributed by atoms with E-state index in [9.17, 15) is 27.5 Å². The number of aryl methyl sites for hydroxylation is 1. The van der Waals surface area contributed by atoms with Crippen LogP contribution in [0.3, 0.4) is 0 Å². The average Bonchev–Trinajstić information content (AvgIpc) is 2.89. The molecule has 2 aromatic carbocycles. The van der Waals surface area contributed by atoms with Crippen molar-refractivity contribution in [2.45, 2.75) is 30.0 Å². The number of hydrogen-bond donors (Lipinski definition) is 1. The van der Waals surface area contributed by atoms with Gasteiger partial charge in [0.25, 0.3) is 0 Å². The van der Waals surface area contributed by atoms with Gasteiger partial charge in [0.1, 0.15) is 17.6 Å². The number of pyridine rings is 1. The topological polar surface area (TPSA) is 65.9 Å². The number of carbonyl (C=O) groups is 1. The van der Waals surface area contributed by atoms with Gasteiger partial charge in [-0.05, 0) is 55.3 Å². The van der Waals surface area contributed by atoms with Gasteiger partial charge in [-0.3, -0.25) is 19.6 Å². The number of alkyl halides is 3. The Morgan fingerprint density at radius 3 is 2.71 bits per heavy atom. The molecule has 3 aromatic rings. The van der Waals surface area contributed by atoms with E-state index in [1.807, 2.05) is 9.80 Å². The number of thioether (sulfide) groups is 1. The minimum Gasteiger partial charge on any atom is -0.497 e. The Bertz CT molecular complexity index is 1270. The molecule has 1 saturated heterocycles. The molecular weight excluding hydrogens is 522 g/mol. The van der Waals surface area contributed by atoms with E-state index in [1.54, 1.807) is 31.4 Å². The lowest BCUT2D eigenvalue weighted by molar-refractivity contribution is -0.146. The molecule has 11 heteroatoms. The summed E-state index contributed by atoms with van der Waals surface area (Å²) >= 11 is 1.12. The van der Waals surface area contributed by atoms with E-state index in [0.717, 1.165) is 17.8 Å². The van der Waals surface area contributed by atoms with Gasteiger partial charge in [0.05, 0.1) is 24.4 Å². The second-order valence-electron chi connectivity index (χ2n) is 9.10. The number of aliphatic carboxylic acids is 1. The van der Waals surface area contributed by atoms with Crippen molar-refractivity contribution in [3.63, 3.8) is 0 Å². The summed E-state index contributed by atoms with van der Waals surface area (Å²) in [5, 5.41) is 10.5. The van der Waals surface area contributed by atoms with Crippen molar-refractivity contribution in [1.29, 1.82) is 0 Å². The Morgan fingerprint density at radius 1 is 1.18 bits per heavy atom. The molecule has 0 amide bonds. The van der Waals surface area contributed by atoms with Gasteiger partial charge in [-0.15, -0.1) is 11.8 Å². The van der Waals surface area contributed by atoms with E-state index in [-0.39, 0.29) is 11.4 Å². The maximum atomic E-state index is 14.6. The summed E-state index contributed by atoms with van der Waals surface area (Å²) in [7, 11) is 1.54. The number of hydrogen-bond acceptors (Lipinski definition) is 6. The van der Waals surface area contributed by atoms with Crippen LogP contribution >= 0.6 is 11.8 Å². The van der Waals surface area contributed by atoms with Crippen LogP contribution in [0, 0.1) is 5.82 Å². The minimum absolute atomic E-state index is 0.168. The summed E-state index contributed by atoms with van der Waals surface area (Å²) in [5.74, 6) is -0.338. The molecule has 6 nitrogen and oxygen atoms in total. The third kappa shape index (κ3) is 6.75. The van der Waals surface area contributed by atoms with Crippen LogP contribution in [0.5, 0.6) is 5.75 Å². The highest BCUT2D eigenvalue weighted by atomic mass is 32.2. The molecule has 1 aliphatic rings. The summed E-state index contributed by atoms with van der Waals surface area (Å²) in [4.78, 5) is 20.2. The van der Waals surface area contributed by atoms with Gasteiger partial charge in [0, 0.05) is 42.2 Å². The van der Waals surface area contributed by atoms with Crippen LogP contribution < -0.4 is 4.74 Å². The van der Waals surface area contributed by atoms with Crippen LogP contribution in [0.1, 0.15) is 17.5 Å². The van der Waals surface area contributed by atoms with Crippen molar-refractivity contribution in [2.24, 2.45) is 0 Å². The Labute approximate surface area is 222 Å². The molecule has 0 bridgehead atoms. The normalized spacial score (nSPS) is 17.1. The number of carboxylic acids is 1. The molecular formula is C27H29F4N3O3S. The lowest BCUT2D eigenvalue weighted by Gasteiger charge is -2.39. The largest absolute Gasteiger partial charge is 0.497 e. The molecule has 1 aliphatic heterocycles. The Hall–Kier alpha value is -2.89. The van der Waals surface area contributed by atoms with Gasteiger partial charge in [-0.25, -0.2) is 4.39 Å².